The van der Waals surface area contributed by atoms with E-state index in [1.165, 1.54) is 43.9 Å². The van der Waals surface area contributed by atoms with Crippen LogP contribution in [0.3, 0.4) is 0 Å². The maximum atomic E-state index is 13.7. The van der Waals surface area contributed by atoms with Crippen molar-refractivity contribution in [3.8, 4) is 0 Å². The summed E-state index contributed by atoms with van der Waals surface area (Å²) in [4.78, 5) is 30.7. The number of nitrogens with zero attached hydrogens (tertiary/aromatic N) is 3. The summed E-state index contributed by atoms with van der Waals surface area (Å²) >= 11 is 0. The highest BCUT2D eigenvalue weighted by atomic mass is 32.2. The second kappa shape index (κ2) is 16.2. The summed E-state index contributed by atoms with van der Waals surface area (Å²) in [6.07, 6.45) is 13.5. The molecule has 2 aliphatic heterocycles. The van der Waals surface area contributed by atoms with Gasteiger partial charge in [-0.25, -0.2) is 18.6 Å². The molecule has 0 spiro atoms. The Kier molecular flexibility index (Phi) is 12.1. The van der Waals surface area contributed by atoms with Gasteiger partial charge in [0.2, 0.25) is 5.91 Å². The molecule has 2 saturated heterocycles. The smallest absolute Gasteiger partial charge is 0.228 e. The number of carbonyl (C=O) groups excluding carboxylic acids is 2. The minimum Gasteiger partial charge on any atom is -0.327 e. The number of rotatable bonds is 12. The Morgan fingerprint density at radius 2 is 1.67 bits per heavy atom. The van der Waals surface area contributed by atoms with Crippen LogP contribution in [0.1, 0.15) is 94.6 Å². The largest absolute Gasteiger partial charge is 0.327 e. The lowest BCUT2D eigenvalue weighted by Crippen LogP contribution is -2.54. The van der Waals surface area contributed by atoms with E-state index in [0.29, 0.717) is 24.4 Å². The molecule has 3 unspecified atom stereocenters. The summed E-state index contributed by atoms with van der Waals surface area (Å²) in [7, 11) is -3.28. The number of nitrogens with one attached hydrogen (secondary N) is 1. The van der Waals surface area contributed by atoms with Crippen LogP contribution in [0.15, 0.2) is 65.2 Å². The molecule has 0 radical (unpaired) electrons. The van der Waals surface area contributed by atoms with Gasteiger partial charge in [-0.2, -0.15) is 0 Å². The van der Waals surface area contributed by atoms with Gasteiger partial charge in [0, 0.05) is 44.9 Å². The molecule has 0 bridgehead atoms. The molecule has 2 aromatic rings. The molecular weight excluding hydrogens is 596 g/mol. The number of amides is 1. The van der Waals surface area contributed by atoms with Crippen molar-refractivity contribution in [3.63, 3.8) is 0 Å². The van der Waals surface area contributed by atoms with Gasteiger partial charge in [-0.05, 0) is 87.0 Å². The van der Waals surface area contributed by atoms with Gasteiger partial charge in [-0.3, -0.25) is 9.69 Å². The third-order valence-electron chi connectivity index (χ3n) is 10.4. The Balaban J connectivity index is 1.26. The van der Waals surface area contributed by atoms with Gasteiger partial charge < -0.3 is 9.91 Å². The van der Waals surface area contributed by atoms with Crippen molar-refractivity contribution in [1.82, 2.24) is 20.2 Å². The second-order valence-electron chi connectivity index (χ2n) is 13.5. The highest BCUT2D eigenvalue weighted by Crippen LogP contribution is 2.39. The van der Waals surface area contributed by atoms with Crippen LogP contribution in [0, 0.1) is 5.92 Å². The number of carbonyl (C=O) groups is 1. The zero-order valence-electron chi connectivity index (χ0n) is 27.7. The number of allylic oxidation sites excluding steroid dienone is 1. The Bertz CT molecular complexity index is 1440. The van der Waals surface area contributed by atoms with Crippen LogP contribution >= 0.6 is 0 Å². The third-order valence-corrected chi connectivity index (χ3v) is 11.5. The first-order valence-corrected chi connectivity index (χ1v) is 19.3. The van der Waals surface area contributed by atoms with Gasteiger partial charge in [-0.1, -0.05) is 61.7 Å². The van der Waals surface area contributed by atoms with Crippen LogP contribution in [0.2, 0.25) is 0 Å². The number of likely N-dealkylation sites (N-methyl/N-ethyl adjacent to an activating group) is 1. The fourth-order valence-corrected chi connectivity index (χ4v) is 8.51. The predicted molar refractivity (Wildman–Crippen MR) is 182 cm³/mol. The van der Waals surface area contributed by atoms with Crippen LogP contribution in [-0.4, -0.2) is 79.7 Å². The van der Waals surface area contributed by atoms with Gasteiger partial charge in [0.25, 0.3) is 0 Å². The van der Waals surface area contributed by atoms with E-state index >= 15 is 0 Å². The minimum absolute atomic E-state index is 0.0462. The van der Waals surface area contributed by atoms with Gasteiger partial charge in [0.05, 0.1) is 17.5 Å². The number of benzene rings is 2. The van der Waals surface area contributed by atoms with Crippen molar-refractivity contribution < 1.29 is 18.0 Å². The molecule has 46 heavy (non-hydrogen) atoms. The lowest BCUT2D eigenvalue weighted by Gasteiger charge is -2.44. The average molecular weight is 649 g/mol. The van der Waals surface area contributed by atoms with E-state index in [9.17, 15) is 18.0 Å². The number of sulfone groups is 1. The van der Waals surface area contributed by atoms with E-state index < -0.39 is 9.84 Å². The molecule has 3 aliphatic rings. The first kappa shape index (κ1) is 34.4. The van der Waals surface area contributed by atoms with E-state index in [2.05, 4.69) is 51.6 Å². The van der Waals surface area contributed by atoms with Gasteiger partial charge in [0.1, 0.15) is 11.6 Å². The van der Waals surface area contributed by atoms with Crippen LogP contribution in [0.5, 0.6) is 0 Å². The summed E-state index contributed by atoms with van der Waals surface area (Å²) in [5.74, 6) is 3.04. The number of hydrazine groups is 1. The topological polar surface area (TPSA) is 90.0 Å². The van der Waals surface area contributed by atoms with Crippen molar-refractivity contribution in [2.24, 2.45) is 5.92 Å². The Labute approximate surface area is 276 Å². The molecule has 3 fully saturated rings. The average Bonchev–Trinajstić information content (AvgIpc) is 3.07. The van der Waals surface area contributed by atoms with Crippen molar-refractivity contribution in [3.05, 3.63) is 71.4 Å². The van der Waals surface area contributed by atoms with Crippen LogP contribution in [0.4, 0.5) is 0 Å². The monoisotopic (exact) mass is 648 g/mol. The first-order chi connectivity index (χ1) is 22.3. The van der Waals surface area contributed by atoms with E-state index in [1.807, 2.05) is 11.8 Å². The maximum Gasteiger partial charge on any atom is 0.228 e. The Morgan fingerprint density at radius 1 is 0.957 bits per heavy atom. The number of likely N-dealkylation sites (tertiary alicyclic amines) is 1. The van der Waals surface area contributed by atoms with Crippen LogP contribution in [0.25, 0.3) is 0 Å². The first-order valence-electron chi connectivity index (χ1n) is 17.4. The molecule has 1 aliphatic carbocycles. The fourth-order valence-electron chi connectivity index (χ4n) is 7.88. The van der Waals surface area contributed by atoms with Gasteiger partial charge in [0.15, 0.2) is 9.84 Å². The summed E-state index contributed by atoms with van der Waals surface area (Å²) in [5, 5.41) is 2.10. The quantitative estimate of drug-likeness (QED) is 0.294. The van der Waals surface area contributed by atoms with Crippen molar-refractivity contribution >= 4 is 21.7 Å². The standard InChI is InChI=1S/C37H52N4O4S/c1-3-40(37(43)26-29-17-19-34(20-18-29)46(2,44)45)36-16-10-11-23-39(36)24-22-35(30-12-6-4-7-13-30)31-21-25-41(33(27-31)28-42)38-32-14-8-5-9-15-32/h4,6-7,12-13,17-20,31-32,35-36,38H,3,5,8-11,14-16,21-27H2,1-2H3. The van der Waals surface area contributed by atoms with Crippen LogP contribution < -0.4 is 5.43 Å². The summed E-state index contributed by atoms with van der Waals surface area (Å²) in [5.41, 5.74) is 6.57. The normalized spacial score (nSPS) is 22.3. The summed E-state index contributed by atoms with van der Waals surface area (Å²) in [6, 6.07) is 17.9. The van der Waals surface area contributed by atoms with E-state index in [0.717, 1.165) is 69.4 Å². The van der Waals surface area contributed by atoms with Crippen LogP contribution in [-0.2, 0) is 25.8 Å². The zero-order chi connectivity index (χ0) is 32.5. The number of hydrogen-bond acceptors (Lipinski definition) is 7. The number of piperidine rings is 2. The molecule has 2 heterocycles. The van der Waals surface area contributed by atoms with Crippen molar-refractivity contribution in [1.29, 1.82) is 0 Å². The molecule has 1 saturated carbocycles. The molecule has 5 rings (SSSR count). The summed E-state index contributed by atoms with van der Waals surface area (Å²) < 4.78 is 23.8. The van der Waals surface area contributed by atoms with Gasteiger partial charge >= 0.3 is 0 Å². The molecule has 1 N–H and O–H groups in total. The predicted octanol–water partition coefficient (Wildman–Crippen LogP) is 5.73. The SMILES string of the molecule is CCN(C(=O)Cc1ccc(S(C)(=O)=O)cc1)C1CCCCN1CCC(c1ccccc1)C1CCN(NC2CCCCC2)C(=C=O)C1. The maximum absolute atomic E-state index is 13.7. The van der Waals surface area contributed by atoms with E-state index in [-0.39, 0.29) is 23.4 Å². The molecule has 3 atom stereocenters. The molecule has 250 valence electrons. The molecule has 8 nitrogen and oxygen atoms in total. The molecule has 0 aromatic heterocycles. The molecular formula is C37H52N4O4S. The van der Waals surface area contributed by atoms with E-state index in [1.54, 1.807) is 24.3 Å². The molecule has 2 aromatic carbocycles. The van der Waals surface area contributed by atoms with Gasteiger partial charge in [-0.15, -0.1) is 0 Å². The second-order valence-corrected chi connectivity index (χ2v) is 15.5. The number of hydrogen-bond donors (Lipinski definition) is 1. The highest BCUT2D eigenvalue weighted by molar-refractivity contribution is 7.90. The summed E-state index contributed by atoms with van der Waals surface area (Å²) in [6.45, 7) is 5.35. The molecule has 9 heteroatoms. The van der Waals surface area contributed by atoms with Crippen molar-refractivity contribution in [2.45, 2.75) is 107 Å². The highest BCUT2D eigenvalue weighted by Gasteiger charge is 2.34. The van der Waals surface area contributed by atoms with Crippen molar-refractivity contribution in [2.75, 3.05) is 32.4 Å². The Morgan fingerprint density at radius 3 is 2.35 bits per heavy atom. The molecule has 1 amide bonds. The Hall–Kier alpha value is -2.97. The lowest BCUT2D eigenvalue weighted by molar-refractivity contribution is -0.138. The lowest BCUT2D eigenvalue weighted by atomic mass is 9.77. The fraction of sp³-hybridized carbons (Fsp3) is 0.595. The van der Waals surface area contributed by atoms with E-state index in [4.69, 9.17) is 0 Å². The zero-order valence-corrected chi connectivity index (χ0v) is 28.5. The third kappa shape index (κ3) is 8.88. The minimum atomic E-state index is -3.28.